The minimum absolute atomic E-state index is 0.408. The van der Waals surface area contributed by atoms with Gasteiger partial charge in [0.2, 0.25) is 0 Å². The molecule has 0 atom stereocenters. The number of hydrogen-bond donors (Lipinski definition) is 1. The number of aryl methyl sites for hydroxylation is 1. The molecule has 1 N–H and O–H groups in total. The van der Waals surface area contributed by atoms with Crippen molar-refractivity contribution in [3.8, 4) is 6.07 Å². The molecule has 1 aromatic rings. The molecule has 0 saturated carbocycles. The van der Waals surface area contributed by atoms with Crippen molar-refractivity contribution in [3.63, 3.8) is 0 Å². The zero-order chi connectivity index (χ0) is 9.68. The lowest BCUT2D eigenvalue weighted by atomic mass is 10.3. The smallest absolute Gasteiger partial charge is 0.152 e. The van der Waals surface area contributed by atoms with Crippen LogP contribution in [-0.2, 0) is 0 Å². The molecule has 5 heteroatoms. The Morgan fingerprint density at radius 3 is 3.08 bits per heavy atom. The molecule has 0 saturated heterocycles. The third-order valence-corrected chi connectivity index (χ3v) is 1.36. The molecule has 0 amide bonds. The van der Waals surface area contributed by atoms with Crippen LogP contribution in [0.2, 0.25) is 0 Å². The summed E-state index contributed by atoms with van der Waals surface area (Å²) in [5.41, 5.74) is 0.408. The van der Waals surface area contributed by atoms with Crippen LogP contribution in [0.4, 0.5) is 5.82 Å². The Morgan fingerprint density at radius 2 is 2.46 bits per heavy atom. The fourth-order valence-electron chi connectivity index (χ4n) is 0.788. The first kappa shape index (κ1) is 9.13. The van der Waals surface area contributed by atoms with Gasteiger partial charge in [-0.2, -0.15) is 5.26 Å². The van der Waals surface area contributed by atoms with E-state index in [-0.39, 0.29) is 0 Å². The summed E-state index contributed by atoms with van der Waals surface area (Å²) >= 11 is 0. The highest BCUT2D eigenvalue weighted by Gasteiger charge is 2.02. The molecule has 13 heavy (non-hydrogen) atoms. The van der Waals surface area contributed by atoms with E-state index in [0.29, 0.717) is 17.2 Å². The van der Waals surface area contributed by atoms with E-state index in [1.165, 1.54) is 12.5 Å². The minimum Gasteiger partial charge on any atom is -0.330 e. The first-order chi connectivity index (χ1) is 6.27. The van der Waals surface area contributed by atoms with Gasteiger partial charge in [0.15, 0.2) is 5.82 Å². The summed E-state index contributed by atoms with van der Waals surface area (Å²) in [6, 6.07) is 1.98. The van der Waals surface area contributed by atoms with Crippen LogP contribution in [0, 0.1) is 18.3 Å². The van der Waals surface area contributed by atoms with Crippen LogP contribution in [0.15, 0.2) is 11.2 Å². The van der Waals surface area contributed by atoms with Crippen molar-refractivity contribution in [3.05, 3.63) is 17.6 Å². The minimum atomic E-state index is 0.408. The highest BCUT2D eigenvalue weighted by Crippen LogP contribution is 2.08. The van der Waals surface area contributed by atoms with Gasteiger partial charge < -0.3 is 5.32 Å². The molecule has 0 unspecified atom stereocenters. The average molecular weight is 175 g/mol. The van der Waals surface area contributed by atoms with Crippen molar-refractivity contribution in [1.29, 1.82) is 5.26 Å². The number of anilines is 1. The first-order valence-corrected chi connectivity index (χ1v) is 3.69. The molecule has 0 aliphatic carbocycles. The van der Waals surface area contributed by atoms with Gasteiger partial charge in [-0.1, -0.05) is 0 Å². The Balaban J connectivity index is 3.03. The van der Waals surface area contributed by atoms with Gasteiger partial charge in [-0.05, 0) is 6.92 Å². The lowest BCUT2D eigenvalue weighted by molar-refractivity contribution is 1.05. The second kappa shape index (κ2) is 4.16. The van der Waals surface area contributed by atoms with Crippen molar-refractivity contribution in [2.24, 2.45) is 4.99 Å². The van der Waals surface area contributed by atoms with E-state index in [1.54, 1.807) is 14.0 Å². The van der Waals surface area contributed by atoms with E-state index < -0.39 is 0 Å². The van der Waals surface area contributed by atoms with Crippen LogP contribution in [-0.4, -0.2) is 23.4 Å². The standard InChI is InChI=1S/C8H9N5/c1-6-11-4-7(3-9)8(13-6)12-5-10-2/h4-5H,1-2H3,(H,10,11,12,13). The first-order valence-electron chi connectivity index (χ1n) is 3.69. The monoisotopic (exact) mass is 175 g/mol. The van der Waals surface area contributed by atoms with E-state index in [1.807, 2.05) is 6.07 Å². The maximum absolute atomic E-state index is 8.69. The van der Waals surface area contributed by atoms with E-state index in [9.17, 15) is 0 Å². The molecule has 1 rings (SSSR count). The molecule has 0 fully saturated rings. The number of nitriles is 1. The van der Waals surface area contributed by atoms with Crippen LogP contribution in [0.1, 0.15) is 11.4 Å². The highest BCUT2D eigenvalue weighted by molar-refractivity contribution is 5.76. The maximum Gasteiger partial charge on any atom is 0.152 e. The number of nitrogens with zero attached hydrogens (tertiary/aromatic N) is 4. The van der Waals surface area contributed by atoms with Crippen molar-refractivity contribution >= 4 is 12.2 Å². The number of aromatic nitrogens is 2. The van der Waals surface area contributed by atoms with Crippen molar-refractivity contribution in [2.75, 3.05) is 12.4 Å². The summed E-state index contributed by atoms with van der Waals surface area (Å²) in [7, 11) is 1.63. The van der Waals surface area contributed by atoms with Gasteiger partial charge in [0.05, 0.1) is 12.5 Å². The number of rotatable bonds is 2. The molecular formula is C8H9N5. The summed E-state index contributed by atoms with van der Waals surface area (Å²) < 4.78 is 0. The van der Waals surface area contributed by atoms with Gasteiger partial charge in [-0.15, -0.1) is 0 Å². The molecule has 5 nitrogen and oxygen atoms in total. The lowest BCUT2D eigenvalue weighted by Gasteiger charge is -2.01. The van der Waals surface area contributed by atoms with E-state index in [2.05, 4.69) is 20.3 Å². The average Bonchev–Trinajstić information content (AvgIpc) is 2.15. The normalized spacial score (nSPS) is 9.92. The van der Waals surface area contributed by atoms with E-state index in [4.69, 9.17) is 5.26 Å². The SMILES string of the molecule is CN=CNc1nc(C)ncc1C#N. The Hall–Kier alpha value is -1.96. The molecule has 0 radical (unpaired) electrons. The molecule has 1 heterocycles. The van der Waals surface area contributed by atoms with Gasteiger partial charge in [-0.3, -0.25) is 4.99 Å². The fraction of sp³-hybridized carbons (Fsp3) is 0.250. The summed E-state index contributed by atoms with van der Waals surface area (Å²) in [5.74, 6) is 1.10. The van der Waals surface area contributed by atoms with Crippen LogP contribution in [0.3, 0.4) is 0 Å². The number of aliphatic imine (C=N–C) groups is 1. The van der Waals surface area contributed by atoms with Gasteiger partial charge in [-0.25, -0.2) is 9.97 Å². The quantitative estimate of drug-likeness (QED) is 0.531. The van der Waals surface area contributed by atoms with Gasteiger partial charge >= 0.3 is 0 Å². The van der Waals surface area contributed by atoms with E-state index in [0.717, 1.165) is 0 Å². The van der Waals surface area contributed by atoms with Gasteiger partial charge in [0.1, 0.15) is 17.5 Å². The molecule has 66 valence electrons. The van der Waals surface area contributed by atoms with Crippen molar-refractivity contribution in [1.82, 2.24) is 9.97 Å². The Morgan fingerprint density at radius 1 is 1.69 bits per heavy atom. The Kier molecular flexibility index (Phi) is 2.92. The maximum atomic E-state index is 8.69. The highest BCUT2D eigenvalue weighted by atomic mass is 15.0. The molecule has 0 aromatic carbocycles. The molecule has 1 aromatic heterocycles. The molecule has 0 aliphatic heterocycles. The van der Waals surface area contributed by atoms with Crippen LogP contribution >= 0.6 is 0 Å². The third-order valence-electron chi connectivity index (χ3n) is 1.36. The lowest BCUT2D eigenvalue weighted by Crippen LogP contribution is -2.02. The van der Waals surface area contributed by atoms with Crippen LogP contribution in [0.5, 0.6) is 0 Å². The zero-order valence-electron chi connectivity index (χ0n) is 7.44. The Labute approximate surface area is 76.2 Å². The van der Waals surface area contributed by atoms with Crippen LogP contribution in [0.25, 0.3) is 0 Å². The molecule has 0 aliphatic rings. The summed E-state index contributed by atoms with van der Waals surface area (Å²) in [4.78, 5) is 11.7. The largest absolute Gasteiger partial charge is 0.330 e. The molecular weight excluding hydrogens is 166 g/mol. The third kappa shape index (κ3) is 2.24. The summed E-state index contributed by atoms with van der Waals surface area (Å²) in [6.07, 6.45) is 2.96. The summed E-state index contributed by atoms with van der Waals surface area (Å²) in [6.45, 7) is 1.76. The van der Waals surface area contributed by atoms with E-state index >= 15 is 0 Å². The fourth-order valence-corrected chi connectivity index (χ4v) is 0.788. The number of nitrogens with one attached hydrogen (secondary N) is 1. The predicted octanol–water partition coefficient (Wildman–Crippen LogP) is 0.727. The predicted molar refractivity (Wildman–Crippen MR) is 49.5 cm³/mol. The van der Waals surface area contributed by atoms with Gasteiger partial charge in [0.25, 0.3) is 0 Å². The van der Waals surface area contributed by atoms with Gasteiger partial charge in [0, 0.05) is 7.05 Å². The molecule has 0 spiro atoms. The summed E-state index contributed by atoms with van der Waals surface area (Å²) in [5, 5.41) is 11.5. The second-order valence-electron chi connectivity index (χ2n) is 2.32. The zero-order valence-corrected chi connectivity index (χ0v) is 7.44. The van der Waals surface area contributed by atoms with Crippen molar-refractivity contribution in [2.45, 2.75) is 6.92 Å². The van der Waals surface area contributed by atoms with Crippen LogP contribution < -0.4 is 5.32 Å². The second-order valence-corrected chi connectivity index (χ2v) is 2.32. The Bertz CT molecular complexity index is 363. The van der Waals surface area contributed by atoms with Crippen molar-refractivity contribution < 1.29 is 0 Å². The topological polar surface area (TPSA) is 74.0 Å². The number of hydrogen-bond acceptors (Lipinski definition) is 4. The molecule has 0 bridgehead atoms.